The molecule has 0 aromatic carbocycles. The molecule has 0 radical (unpaired) electrons. The number of carboxylic acids is 2. The lowest BCUT2D eigenvalue weighted by Gasteiger charge is -2.38. The number of hydrogen-bond acceptors (Lipinski definition) is 3. The maximum atomic E-state index is 9.04. The summed E-state index contributed by atoms with van der Waals surface area (Å²) in [7, 11) is 0. The zero-order valence-electron chi connectivity index (χ0n) is 12.8. The quantitative estimate of drug-likeness (QED) is 0.534. The van der Waals surface area contributed by atoms with E-state index in [0.29, 0.717) is 0 Å². The summed E-state index contributed by atoms with van der Waals surface area (Å²) in [6.07, 6.45) is 5.33. The predicted octanol–water partition coefficient (Wildman–Crippen LogP) is 1.26. The first kappa shape index (κ1) is 20.2. The van der Waals surface area contributed by atoms with Crippen LogP contribution in [0.15, 0.2) is 0 Å². The van der Waals surface area contributed by atoms with Gasteiger partial charge < -0.3 is 19.5 Å². The second-order valence-electron chi connectivity index (χ2n) is 4.83. The third-order valence-electron chi connectivity index (χ3n) is 2.97. The SMILES string of the molecule is CCC[N+](CCC)(CCC)CCC.O=C([O-])C(=O)O. The lowest BCUT2D eigenvalue weighted by atomic mass is 10.2. The Morgan fingerprint density at radius 2 is 1.05 bits per heavy atom. The van der Waals surface area contributed by atoms with Gasteiger partial charge in [-0.1, -0.05) is 27.7 Å². The normalized spacial score (nSPS) is 10.5. The molecule has 0 atom stereocenters. The van der Waals surface area contributed by atoms with Gasteiger partial charge >= 0.3 is 5.97 Å². The topological polar surface area (TPSA) is 77.4 Å². The van der Waals surface area contributed by atoms with Crippen molar-refractivity contribution in [1.82, 2.24) is 0 Å². The van der Waals surface area contributed by atoms with Gasteiger partial charge in [-0.05, 0) is 25.7 Å². The van der Waals surface area contributed by atoms with Crippen LogP contribution in [0.4, 0.5) is 0 Å². The second kappa shape index (κ2) is 12.0. The Morgan fingerprint density at radius 1 is 0.842 bits per heavy atom. The van der Waals surface area contributed by atoms with Gasteiger partial charge in [0.25, 0.3) is 0 Å². The van der Waals surface area contributed by atoms with E-state index in [1.54, 1.807) is 0 Å². The number of carbonyl (C=O) groups is 2. The van der Waals surface area contributed by atoms with E-state index in [1.165, 1.54) is 56.3 Å². The van der Waals surface area contributed by atoms with E-state index >= 15 is 0 Å². The molecule has 114 valence electrons. The molecule has 0 rings (SSSR count). The molecule has 0 aliphatic rings. The molecular weight excluding hydrogens is 246 g/mol. The number of quaternary nitrogens is 1. The molecule has 0 amide bonds. The molecule has 0 saturated carbocycles. The molecule has 0 fully saturated rings. The molecule has 5 nitrogen and oxygen atoms in total. The molecule has 19 heavy (non-hydrogen) atoms. The standard InChI is InChI=1S/C12H28N.C2H2O4/c1-5-9-13(10-6-2,11-7-3)12-8-4;3-1(4)2(5)6/h5-12H2,1-4H3;(H,3,4)(H,5,6)/q+1;/p-1. The number of hydrogen-bond donors (Lipinski definition) is 1. The molecule has 1 N–H and O–H groups in total. The Hall–Kier alpha value is -1.10. The molecule has 0 aromatic heterocycles. The maximum Gasteiger partial charge on any atom is 0.351 e. The highest BCUT2D eigenvalue weighted by Crippen LogP contribution is 2.12. The number of rotatable bonds is 8. The molecule has 0 aliphatic heterocycles. The van der Waals surface area contributed by atoms with Crippen LogP contribution >= 0.6 is 0 Å². The van der Waals surface area contributed by atoms with Gasteiger partial charge in [0.1, 0.15) is 0 Å². The van der Waals surface area contributed by atoms with Gasteiger partial charge in [0.15, 0.2) is 5.97 Å². The summed E-state index contributed by atoms with van der Waals surface area (Å²) in [4.78, 5) is 18.0. The molecule has 0 saturated heterocycles. The molecular formula is C14H29NO4. The van der Waals surface area contributed by atoms with Crippen LogP contribution in [0.5, 0.6) is 0 Å². The Kier molecular flexibility index (Phi) is 12.7. The third-order valence-corrected chi connectivity index (χ3v) is 2.97. The Bertz CT molecular complexity index is 212. The number of carboxylic acid groups (broad SMARTS) is 2. The highest BCUT2D eigenvalue weighted by Gasteiger charge is 2.22. The van der Waals surface area contributed by atoms with Crippen LogP contribution in [-0.2, 0) is 9.59 Å². The van der Waals surface area contributed by atoms with Crippen molar-refractivity contribution in [2.75, 3.05) is 26.2 Å². The van der Waals surface area contributed by atoms with Crippen molar-refractivity contribution >= 4 is 11.9 Å². The first-order valence-corrected chi connectivity index (χ1v) is 7.18. The molecule has 0 aromatic rings. The molecule has 0 bridgehead atoms. The maximum absolute atomic E-state index is 9.04. The van der Waals surface area contributed by atoms with E-state index in [-0.39, 0.29) is 0 Å². The van der Waals surface area contributed by atoms with Crippen LogP contribution in [0.1, 0.15) is 53.4 Å². The molecule has 0 aliphatic carbocycles. The fourth-order valence-electron chi connectivity index (χ4n) is 2.57. The van der Waals surface area contributed by atoms with Crippen LogP contribution in [0.25, 0.3) is 0 Å². The zero-order valence-corrected chi connectivity index (χ0v) is 12.8. The van der Waals surface area contributed by atoms with Crippen LogP contribution in [0, 0.1) is 0 Å². The summed E-state index contributed by atoms with van der Waals surface area (Å²) in [5.41, 5.74) is 0. The number of aliphatic carboxylic acids is 2. The van der Waals surface area contributed by atoms with Gasteiger partial charge in [-0.15, -0.1) is 0 Å². The zero-order chi connectivity index (χ0) is 15.3. The Balaban J connectivity index is 0. The first-order valence-electron chi connectivity index (χ1n) is 7.18. The lowest BCUT2D eigenvalue weighted by molar-refractivity contribution is -0.928. The van der Waals surface area contributed by atoms with Crippen molar-refractivity contribution in [2.45, 2.75) is 53.4 Å². The predicted molar refractivity (Wildman–Crippen MR) is 73.5 cm³/mol. The second-order valence-corrected chi connectivity index (χ2v) is 4.83. The van der Waals surface area contributed by atoms with Gasteiger partial charge in [-0.25, -0.2) is 4.79 Å². The summed E-state index contributed by atoms with van der Waals surface area (Å²) >= 11 is 0. The van der Waals surface area contributed by atoms with Gasteiger partial charge in [0.05, 0.1) is 26.2 Å². The van der Waals surface area contributed by atoms with Crippen molar-refractivity contribution in [3.8, 4) is 0 Å². The molecule has 0 spiro atoms. The summed E-state index contributed by atoms with van der Waals surface area (Å²) in [6, 6.07) is 0. The first-order chi connectivity index (χ1) is 8.89. The van der Waals surface area contributed by atoms with E-state index in [9.17, 15) is 0 Å². The van der Waals surface area contributed by atoms with Gasteiger partial charge in [-0.3, -0.25) is 0 Å². The number of carbonyl (C=O) groups excluding carboxylic acids is 1. The minimum absolute atomic E-state index is 1.33. The number of nitrogens with zero attached hydrogens (tertiary/aromatic N) is 1. The lowest BCUT2D eigenvalue weighted by Crippen LogP contribution is -2.50. The largest absolute Gasteiger partial charge is 0.539 e. The molecule has 0 heterocycles. The Morgan fingerprint density at radius 3 is 1.16 bits per heavy atom. The van der Waals surface area contributed by atoms with Crippen molar-refractivity contribution in [2.24, 2.45) is 0 Å². The highest BCUT2D eigenvalue weighted by molar-refractivity contribution is 6.26. The average Bonchev–Trinajstić information content (AvgIpc) is 2.31. The van der Waals surface area contributed by atoms with Gasteiger partial charge in [0.2, 0.25) is 0 Å². The van der Waals surface area contributed by atoms with E-state index in [4.69, 9.17) is 19.8 Å². The average molecular weight is 275 g/mol. The van der Waals surface area contributed by atoms with Crippen LogP contribution in [-0.4, -0.2) is 47.7 Å². The van der Waals surface area contributed by atoms with Crippen LogP contribution in [0.2, 0.25) is 0 Å². The van der Waals surface area contributed by atoms with E-state index < -0.39 is 11.9 Å². The van der Waals surface area contributed by atoms with Gasteiger partial charge in [0, 0.05) is 0 Å². The van der Waals surface area contributed by atoms with E-state index in [0.717, 1.165) is 0 Å². The summed E-state index contributed by atoms with van der Waals surface area (Å²) < 4.78 is 1.38. The van der Waals surface area contributed by atoms with Crippen molar-refractivity contribution in [3.05, 3.63) is 0 Å². The van der Waals surface area contributed by atoms with Gasteiger partial charge in [-0.2, -0.15) is 0 Å². The Labute approximate surface area is 116 Å². The minimum Gasteiger partial charge on any atom is -0.539 e. The fourth-order valence-corrected chi connectivity index (χ4v) is 2.57. The van der Waals surface area contributed by atoms with Crippen LogP contribution < -0.4 is 5.11 Å². The highest BCUT2D eigenvalue weighted by atomic mass is 16.4. The molecule has 0 unspecified atom stereocenters. The van der Waals surface area contributed by atoms with Crippen molar-refractivity contribution in [1.29, 1.82) is 0 Å². The van der Waals surface area contributed by atoms with Crippen molar-refractivity contribution in [3.63, 3.8) is 0 Å². The summed E-state index contributed by atoms with van der Waals surface area (Å²) in [5.74, 6) is -4.01. The third kappa shape index (κ3) is 10.5. The van der Waals surface area contributed by atoms with Crippen molar-refractivity contribution < 1.29 is 24.3 Å². The summed E-state index contributed by atoms with van der Waals surface area (Å²) in [6.45, 7) is 14.8. The van der Waals surface area contributed by atoms with E-state index in [1.807, 2.05) is 0 Å². The monoisotopic (exact) mass is 275 g/mol. The van der Waals surface area contributed by atoms with Crippen LogP contribution in [0.3, 0.4) is 0 Å². The van der Waals surface area contributed by atoms with E-state index in [2.05, 4.69) is 27.7 Å². The molecule has 5 heteroatoms. The minimum atomic E-state index is -2.07. The fraction of sp³-hybridized carbons (Fsp3) is 0.857. The summed E-state index contributed by atoms with van der Waals surface area (Å²) in [5, 5.41) is 16.3. The smallest absolute Gasteiger partial charge is 0.351 e.